The molecule has 1 aliphatic heterocycles. The molecular weight excluding hydrogens is 300 g/mol. The van der Waals surface area contributed by atoms with E-state index in [0.29, 0.717) is 29.6 Å². The molecule has 22 heavy (non-hydrogen) atoms. The van der Waals surface area contributed by atoms with Crippen molar-refractivity contribution in [2.24, 2.45) is 11.8 Å². The highest BCUT2D eigenvalue weighted by molar-refractivity contribution is 7.89. The fourth-order valence-corrected chi connectivity index (χ4v) is 4.40. The maximum atomic E-state index is 12.5. The van der Waals surface area contributed by atoms with Crippen LogP contribution in [0, 0.1) is 11.8 Å². The van der Waals surface area contributed by atoms with Crippen molar-refractivity contribution in [3.8, 4) is 0 Å². The van der Waals surface area contributed by atoms with Crippen LogP contribution in [0.15, 0.2) is 29.2 Å². The van der Waals surface area contributed by atoms with Crippen LogP contribution < -0.4 is 5.32 Å². The number of carbonyl (C=O) groups is 1. The average molecular weight is 322 g/mol. The number of hydrogen-bond acceptors (Lipinski definition) is 3. The van der Waals surface area contributed by atoms with Crippen molar-refractivity contribution >= 4 is 21.6 Å². The van der Waals surface area contributed by atoms with Gasteiger partial charge in [-0.2, -0.15) is 4.31 Å². The second-order valence-electron chi connectivity index (χ2n) is 6.30. The van der Waals surface area contributed by atoms with Gasteiger partial charge in [0.05, 0.1) is 4.90 Å². The Bertz CT molecular complexity index is 648. The van der Waals surface area contributed by atoms with Crippen LogP contribution in [0.25, 0.3) is 0 Å². The summed E-state index contributed by atoms with van der Waals surface area (Å²) in [6, 6.07) is 6.50. The largest absolute Gasteiger partial charge is 0.326 e. The molecule has 0 bridgehead atoms. The molecule has 1 heterocycles. The fraction of sp³-hybridized carbons (Fsp3) is 0.562. The Morgan fingerprint density at radius 2 is 1.73 bits per heavy atom. The summed E-state index contributed by atoms with van der Waals surface area (Å²) in [5.41, 5.74) is 0.654. The molecule has 2 aliphatic rings. The summed E-state index contributed by atoms with van der Waals surface area (Å²) in [7, 11) is -3.40. The van der Waals surface area contributed by atoms with Gasteiger partial charge in [0.2, 0.25) is 15.9 Å². The molecule has 1 N–H and O–H groups in total. The highest BCUT2D eigenvalue weighted by Crippen LogP contribution is 2.38. The van der Waals surface area contributed by atoms with Crippen LogP contribution in [0.1, 0.15) is 32.6 Å². The van der Waals surface area contributed by atoms with Gasteiger partial charge in [-0.1, -0.05) is 13.3 Å². The fourth-order valence-electron chi connectivity index (χ4n) is 2.89. The van der Waals surface area contributed by atoms with Gasteiger partial charge in [0, 0.05) is 24.7 Å². The number of hydrogen-bond donors (Lipinski definition) is 1. The third kappa shape index (κ3) is 3.17. The monoisotopic (exact) mass is 322 g/mol. The molecule has 0 aromatic heterocycles. The first-order valence-corrected chi connectivity index (χ1v) is 9.33. The molecule has 1 saturated carbocycles. The van der Waals surface area contributed by atoms with Crippen molar-refractivity contribution < 1.29 is 13.2 Å². The predicted octanol–water partition coefficient (Wildman–Crippen LogP) is 2.46. The second kappa shape index (κ2) is 6.01. The smallest absolute Gasteiger partial charge is 0.243 e. The molecule has 6 heteroatoms. The normalized spacial score (nSPS) is 25.7. The molecule has 5 nitrogen and oxygen atoms in total. The van der Waals surface area contributed by atoms with E-state index in [4.69, 9.17) is 0 Å². The van der Waals surface area contributed by atoms with E-state index in [1.807, 2.05) is 0 Å². The molecule has 2 fully saturated rings. The van der Waals surface area contributed by atoms with Crippen LogP contribution in [0.5, 0.6) is 0 Å². The van der Waals surface area contributed by atoms with Gasteiger partial charge in [-0.25, -0.2) is 8.42 Å². The SMILES string of the molecule is C[C@H]1C[C@H]1C(=O)Nc1ccc(S(=O)(=O)N2CCCCC2)cc1. The van der Waals surface area contributed by atoms with E-state index in [-0.39, 0.29) is 11.8 Å². The lowest BCUT2D eigenvalue weighted by Crippen LogP contribution is -2.35. The van der Waals surface area contributed by atoms with Crippen LogP contribution in [-0.2, 0) is 14.8 Å². The summed E-state index contributed by atoms with van der Waals surface area (Å²) in [4.78, 5) is 12.2. The van der Waals surface area contributed by atoms with E-state index in [1.165, 1.54) is 0 Å². The summed E-state index contributed by atoms with van der Waals surface area (Å²) < 4.78 is 26.6. The van der Waals surface area contributed by atoms with Gasteiger partial charge >= 0.3 is 0 Å². The molecule has 0 spiro atoms. The first-order valence-electron chi connectivity index (χ1n) is 7.89. The lowest BCUT2D eigenvalue weighted by molar-refractivity contribution is -0.117. The Morgan fingerprint density at radius 3 is 2.27 bits per heavy atom. The molecule has 1 aromatic rings. The van der Waals surface area contributed by atoms with Gasteiger partial charge in [0.1, 0.15) is 0 Å². The zero-order valence-electron chi connectivity index (χ0n) is 12.8. The van der Waals surface area contributed by atoms with E-state index >= 15 is 0 Å². The van der Waals surface area contributed by atoms with Crippen LogP contribution in [-0.4, -0.2) is 31.7 Å². The number of amides is 1. The minimum absolute atomic E-state index is 0.0270. The van der Waals surface area contributed by atoms with Crippen molar-refractivity contribution in [1.29, 1.82) is 0 Å². The number of sulfonamides is 1. The molecule has 120 valence electrons. The summed E-state index contributed by atoms with van der Waals surface area (Å²) in [5, 5.41) is 2.85. The van der Waals surface area contributed by atoms with E-state index in [2.05, 4.69) is 12.2 Å². The third-order valence-corrected chi connectivity index (χ3v) is 6.43. The van der Waals surface area contributed by atoms with E-state index in [9.17, 15) is 13.2 Å². The summed E-state index contributed by atoms with van der Waals surface area (Å²) in [5.74, 6) is 0.592. The molecule has 2 atom stereocenters. The molecule has 3 rings (SSSR count). The van der Waals surface area contributed by atoms with E-state index < -0.39 is 10.0 Å². The van der Waals surface area contributed by atoms with E-state index in [1.54, 1.807) is 28.6 Å². The number of nitrogens with one attached hydrogen (secondary N) is 1. The molecule has 1 aliphatic carbocycles. The maximum absolute atomic E-state index is 12.5. The van der Waals surface area contributed by atoms with Crippen molar-refractivity contribution in [2.75, 3.05) is 18.4 Å². The Labute approximate surface area is 131 Å². The zero-order valence-corrected chi connectivity index (χ0v) is 13.6. The van der Waals surface area contributed by atoms with Crippen molar-refractivity contribution in [3.05, 3.63) is 24.3 Å². The Morgan fingerprint density at radius 1 is 1.14 bits per heavy atom. The summed E-state index contributed by atoms with van der Waals surface area (Å²) in [6.45, 7) is 3.25. The Balaban J connectivity index is 1.69. The van der Waals surface area contributed by atoms with Crippen molar-refractivity contribution in [2.45, 2.75) is 37.5 Å². The minimum Gasteiger partial charge on any atom is -0.326 e. The first-order chi connectivity index (χ1) is 10.5. The van der Waals surface area contributed by atoms with Gasteiger partial charge in [-0.05, 0) is 49.4 Å². The summed E-state index contributed by atoms with van der Waals surface area (Å²) in [6.07, 6.45) is 3.88. The maximum Gasteiger partial charge on any atom is 0.243 e. The molecule has 1 aromatic carbocycles. The standard InChI is InChI=1S/C16H22N2O3S/c1-12-11-15(12)16(19)17-13-5-7-14(8-6-13)22(20,21)18-9-3-2-4-10-18/h5-8,12,15H,2-4,9-11H2,1H3,(H,17,19)/t12-,15+/m0/s1. The number of piperidine rings is 1. The first kappa shape index (κ1) is 15.5. The number of anilines is 1. The third-order valence-electron chi connectivity index (χ3n) is 4.52. The van der Waals surface area contributed by atoms with Gasteiger partial charge in [0.15, 0.2) is 0 Å². The lowest BCUT2D eigenvalue weighted by Gasteiger charge is -2.25. The van der Waals surface area contributed by atoms with Crippen LogP contribution in [0.2, 0.25) is 0 Å². The zero-order chi connectivity index (χ0) is 15.7. The van der Waals surface area contributed by atoms with Crippen LogP contribution in [0.4, 0.5) is 5.69 Å². The van der Waals surface area contributed by atoms with Crippen LogP contribution >= 0.6 is 0 Å². The lowest BCUT2D eigenvalue weighted by atomic mass is 10.2. The minimum atomic E-state index is -3.40. The molecule has 0 unspecified atom stereocenters. The van der Waals surface area contributed by atoms with Gasteiger partial charge in [-0.3, -0.25) is 4.79 Å². The van der Waals surface area contributed by atoms with Crippen molar-refractivity contribution in [1.82, 2.24) is 4.31 Å². The highest BCUT2D eigenvalue weighted by atomic mass is 32.2. The quantitative estimate of drug-likeness (QED) is 0.926. The van der Waals surface area contributed by atoms with Crippen LogP contribution in [0.3, 0.4) is 0 Å². The topological polar surface area (TPSA) is 66.5 Å². The number of carbonyl (C=O) groups excluding carboxylic acids is 1. The van der Waals surface area contributed by atoms with Gasteiger partial charge in [-0.15, -0.1) is 0 Å². The Kier molecular flexibility index (Phi) is 4.23. The molecular formula is C16H22N2O3S. The van der Waals surface area contributed by atoms with Gasteiger partial charge < -0.3 is 5.32 Å². The number of benzene rings is 1. The highest BCUT2D eigenvalue weighted by Gasteiger charge is 2.39. The average Bonchev–Trinajstić information content (AvgIpc) is 3.26. The Hall–Kier alpha value is -1.40. The summed E-state index contributed by atoms with van der Waals surface area (Å²) >= 11 is 0. The number of rotatable bonds is 4. The van der Waals surface area contributed by atoms with Crippen molar-refractivity contribution in [3.63, 3.8) is 0 Å². The van der Waals surface area contributed by atoms with Gasteiger partial charge in [0.25, 0.3) is 0 Å². The molecule has 1 amide bonds. The predicted molar refractivity (Wildman–Crippen MR) is 85.0 cm³/mol. The molecule has 1 saturated heterocycles. The second-order valence-corrected chi connectivity index (χ2v) is 8.24. The molecule has 0 radical (unpaired) electrons. The number of nitrogens with zero attached hydrogens (tertiary/aromatic N) is 1. The van der Waals surface area contributed by atoms with E-state index in [0.717, 1.165) is 25.7 Å².